The van der Waals surface area contributed by atoms with Gasteiger partial charge in [-0.1, -0.05) is 46.3 Å². The van der Waals surface area contributed by atoms with Crippen molar-refractivity contribution in [2.75, 3.05) is 19.1 Å². The van der Waals surface area contributed by atoms with E-state index in [0.29, 0.717) is 10.0 Å². The first-order valence-corrected chi connectivity index (χ1v) is 9.75. The maximum absolute atomic E-state index is 14.9. The zero-order valence-electron chi connectivity index (χ0n) is 16.6. The number of methoxy groups -OCH3 is 2. The highest BCUT2D eigenvalue weighted by Crippen LogP contribution is 2.43. The van der Waals surface area contributed by atoms with Gasteiger partial charge < -0.3 is 15.2 Å². The topological polar surface area (TPSA) is 106 Å². The maximum atomic E-state index is 14.9. The summed E-state index contributed by atoms with van der Waals surface area (Å²) in [4.78, 5) is 26.7. The molecule has 7 nitrogen and oxygen atoms in total. The second-order valence-corrected chi connectivity index (χ2v) is 7.35. The Morgan fingerprint density at radius 3 is 2.32 bits per heavy atom. The number of benzene rings is 2. The van der Waals surface area contributed by atoms with E-state index >= 15 is 0 Å². The van der Waals surface area contributed by atoms with E-state index in [1.54, 1.807) is 30.3 Å². The number of anilines is 1. The van der Waals surface area contributed by atoms with Gasteiger partial charge in [0.2, 0.25) is 0 Å². The van der Waals surface area contributed by atoms with E-state index in [2.05, 4.69) is 15.9 Å². The number of hydrogen-bond donors (Lipinski definition) is 1. The van der Waals surface area contributed by atoms with E-state index in [1.807, 2.05) is 6.07 Å². The van der Waals surface area contributed by atoms with Gasteiger partial charge in [0.15, 0.2) is 0 Å². The standard InChI is InChI=1S/C22H17BrFN3O4/c1-30-21(28)18-17(12-6-4-3-5-7-12)14(11-25)20(26)27(19(18)22(29)31-2)16-9-8-13(23)10-15(16)24/h3-10,17H,26H2,1-2H3. The van der Waals surface area contributed by atoms with Crippen molar-refractivity contribution in [1.82, 2.24) is 0 Å². The molecule has 0 saturated heterocycles. The monoisotopic (exact) mass is 485 g/mol. The molecule has 0 saturated carbocycles. The molecule has 0 spiro atoms. The number of carbonyl (C=O) groups excluding carboxylic acids is 2. The fourth-order valence-corrected chi connectivity index (χ4v) is 3.76. The van der Waals surface area contributed by atoms with Crippen molar-refractivity contribution in [1.29, 1.82) is 5.26 Å². The Kier molecular flexibility index (Phi) is 6.42. The fourth-order valence-electron chi connectivity index (χ4n) is 3.43. The van der Waals surface area contributed by atoms with Crippen LogP contribution >= 0.6 is 15.9 Å². The number of nitrogens with zero attached hydrogens (tertiary/aromatic N) is 2. The highest BCUT2D eigenvalue weighted by Gasteiger charge is 2.43. The normalized spacial score (nSPS) is 16.1. The lowest BCUT2D eigenvalue weighted by molar-refractivity contribution is -0.139. The number of allylic oxidation sites excluding steroid dienone is 1. The van der Waals surface area contributed by atoms with Crippen LogP contribution in [0.15, 0.2) is 75.7 Å². The lowest BCUT2D eigenvalue weighted by Gasteiger charge is -2.36. The highest BCUT2D eigenvalue weighted by molar-refractivity contribution is 9.10. The van der Waals surface area contributed by atoms with Crippen LogP contribution in [0.3, 0.4) is 0 Å². The maximum Gasteiger partial charge on any atom is 0.355 e. The molecule has 1 unspecified atom stereocenters. The minimum absolute atomic E-state index is 0.0402. The quantitative estimate of drug-likeness (QED) is 0.660. The summed E-state index contributed by atoms with van der Waals surface area (Å²) in [5.41, 5.74) is 6.13. The van der Waals surface area contributed by atoms with Crippen molar-refractivity contribution in [2.24, 2.45) is 5.73 Å². The van der Waals surface area contributed by atoms with Crippen LogP contribution < -0.4 is 10.6 Å². The Hall–Kier alpha value is -3.64. The van der Waals surface area contributed by atoms with Crippen LogP contribution in [0.1, 0.15) is 11.5 Å². The molecule has 31 heavy (non-hydrogen) atoms. The minimum atomic E-state index is -1.01. The SMILES string of the molecule is COC(=O)C1=C(C(=O)OC)N(c2ccc(Br)cc2F)C(N)=C(C#N)C1c1ccccc1. The van der Waals surface area contributed by atoms with Gasteiger partial charge >= 0.3 is 11.9 Å². The van der Waals surface area contributed by atoms with E-state index < -0.39 is 23.7 Å². The summed E-state index contributed by atoms with van der Waals surface area (Å²) in [6.07, 6.45) is 0. The Morgan fingerprint density at radius 2 is 1.77 bits per heavy atom. The molecule has 0 aromatic heterocycles. The molecule has 2 aromatic rings. The Bertz CT molecular complexity index is 1160. The number of esters is 2. The smallest absolute Gasteiger partial charge is 0.355 e. The summed E-state index contributed by atoms with van der Waals surface area (Å²) in [6.45, 7) is 0. The summed E-state index contributed by atoms with van der Waals surface area (Å²) < 4.78 is 25.2. The molecule has 158 valence electrons. The average Bonchev–Trinajstić information content (AvgIpc) is 2.78. The summed E-state index contributed by atoms with van der Waals surface area (Å²) in [7, 11) is 2.27. The second kappa shape index (κ2) is 9.02. The van der Waals surface area contributed by atoms with E-state index in [9.17, 15) is 19.2 Å². The Balaban J connectivity index is 2.43. The van der Waals surface area contributed by atoms with E-state index in [4.69, 9.17) is 15.2 Å². The van der Waals surface area contributed by atoms with Gasteiger partial charge in [-0.15, -0.1) is 0 Å². The first kappa shape index (κ1) is 22.1. The third-order valence-corrected chi connectivity index (χ3v) is 5.25. The number of halogens is 2. The van der Waals surface area contributed by atoms with Gasteiger partial charge in [0.1, 0.15) is 17.3 Å². The van der Waals surface area contributed by atoms with Gasteiger partial charge in [0.05, 0.1) is 43.0 Å². The van der Waals surface area contributed by atoms with Gasteiger partial charge in [-0.2, -0.15) is 5.26 Å². The number of ether oxygens (including phenoxy) is 2. The van der Waals surface area contributed by atoms with Gasteiger partial charge in [-0.3, -0.25) is 4.90 Å². The molecule has 2 aromatic carbocycles. The molecule has 0 bridgehead atoms. The van der Waals surface area contributed by atoms with Crippen LogP contribution in [0.4, 0.5) is 10.1 Å². The molecule has 0 fully saturated rings. The molecule has 3 rings (SSSR count). The minimum Gasteiger partial charge on any atom is -0.466 e. The van der Waals surface area contributed by atoms with E-state index in [1.165, 1.54) is 18.2 Å². The van der Waals surface area contributed by atoms with Crippen LogP contribution in [0.25, 0.3) is 0 Å². The van der Waals surface area contributed by atoms with E-state index in [-0.39, 0.29) is 28.4 Å². The van der Waals surface area contributed by atoms with Gasteiger partial charge in [-0.05, 0) is 23.8 Å². The number of rotatable bonds is 4. The van der Waals surface area contributed by atoms with Crippen molar-refractivity contribution in [3.8, 4) is 6.07 Å². The number of nitriles is 1. The largest absolute Gasteiger partial charge is 0.466 e. The van der Waals surface area contributed by atoms with Crippen LogP contribution in [-0.4, -0.2) is 26.2 Å². The van der Waals surface area contributed by atoms with Gasteiger partial charge in [0, 0.05) is 4.47 Å². The molecule has 1 aliphatic rings. The zero-order valence-corrected chi connectivity index (χ0v) is 18.1. The predicted molar refractivity (Wildman–Crippen MR) is 114 cm³/mol. The first-order valence-electron chi connectivity index (χ1n) is 8.96. The van der Waals surface area contributed by atoms with Crippen LogP contribution in [0, 0.1) is 17.1 Å². The third-order valence-electron chi connectivity index (χ3n) is 4.76. The fraction of sp³-hybridized carbons (Fsp3) is 0.136. The molecule has 0 amide bonds. The van der Waals surface area contributed by atoms with Gasteiger partial charge in [0.25, 0.3) is 0 Å². The highest BCUT2D eigenvalue weighted by atomic mass is 79.9. The van der Waals surface area contributed by atoms with Crippen molar-refractivity contribution >= 4 is 33.6 Å². The zero-order chi connectivity index (χ0) is 22.7. The number of nitrogens with two attached hydrogens (primary N) is 1. The molecule has 1 heterocycles. The van der Waals surface area contributed by atoms with Crippen LogP contribution in [0.2, 0.25) is 0 Å². The van der Waals surface area contributed by atoms with Crippen LogP contribution in [-0.2, 0) is 19.1 Å². The molecular formula is C22H17BrFN3O4. The summed E-state index contributed by atoms with van der Waals surface area (Å²) in [5.74, 6) is -3.77. The Morgan fingerprint density at radius 1 is 1.13 bits per heavy atom. The lowest BCUT2D eigenvalue weighted by atomic mass is 9.81. The van der Waals surface area contributed by atoms with Crippen molar-refractivity contribution < 1.29 is 23.5 Å². The van der Waals surface area contributed by atoms with Crippen molar-refractivity contribution in [3.63, 3.8) is 0 Å². The van der Waals surface area contributed by atoms with Crippen molar-refractivity contribution in [2.45, 2.75) is 5.92 Å². The average molecular weight is 486 g/mol. The molecule has 1 aliphatic heterocycles. The van der Waals surface area contributed by atoms with Crippen LogP contribution in [0.5, 0.6) is 0 Å². The lowest BCUT2D eigenvalue weighted by Crippen LogP contribution is -2.41. The molecule has 0 aliphatic carbocycles. The molecule has 0 radical (unpaired) electrons. The second-order valence-electron chi connectivity index (χ2n) is 6.43. The first-order chi connectivity index (χ1) is 14.8. The summed E-state index contributed by atoms with van der Waals surface area (Å²) in [6, 6.07) is 14.6. The molecule has 9 heteroatoms. The predicted octanol–water partition coefficient (Wildman–Crippen LogP) is 3.49. The Labute approximate surface area is 186 Å². The number of hydrogen-bond acceptors (Lipinski definition) is 7. The number of carbonyl (C=O) groups is 2. The van der Waals surface area contributed by atoms with Gasteiger partial charge in [-0.25, -0.2) is 14.0 Å². The van der Waals surface area contributed by atoms with Crippen molar-refractivity contribution in [3.05, 3.63) is 87.0 Å². The molecular weight excluding hydrogens is 469 g/mol. The summed E-state index contributed by atoms with van der Waals surface area (Å²) >= 11 is 3.17. The molecule has 2 N–H and O–H groups in total. The third kappa shape index (κ3) is 3.90. The molecule has 1 atom stereocenters. The summed E-state index contributed by atoms with van der Waals surface area (Å²) in [5, 5.41) is 9.92. The van der Waals surface area contributed by atoms with E-state index in [0.717, 1.165) is 19.1 Å².